The van der Waals surface area contributed by atoms with Crippen LogP contribution in [-0.4, -0.2) is 34.5 Å². The van der Waals surface area contributed by atoms with E-state index in [1.807, 2.05) is 13.8 Å². The SMILES string of the molecule is CCC(C)N(CC(=O)O)C(=O)c1ccc(Cl)cc1. The zero-order valence-electron chi connectivity index (χ0n) is 10.4. The lowest BCUT2D eigenvalue weighted by Crippen LogP contribution is -2.41. The maximum Gasteiger partial charge on any atom is 0.323 e. The second kappa shape index (κ2) is 6.40. The molecule has 1 atom stereocenters. The Morgan fingerprint density at radius 3 is 2.33 bits per heavy atom. The highest BCUT2D eigenvalue weighted by molar-refractivity contribution is 6.30. The molecule has 0 heterocycles. The van der Waals surface area contributed by atoms with E-state index in [9.17, 15) is 9.59 Å². The molecule has 1 amide bonds. The molecule has 0 saturated carbocycles. The first kappa shape index (κ1) is 14.5. The number of hydrogen-bond acceptors (Lipinski definition) is 2. The fourth-order valence-electron chi connectivity index (χ4n) is 1.55. The first-order chi connectivity index (χ1) is 8.45. The Hall–Kier alpha value is -1.55. The summed E-state index contributed by atoms with van der Waals surface area (Å²) >= 11 is 5.75. The van der Waals surface area contributed by atoms with Crippen LogP contribution < -0.4 is 0 Å². The Balaban J connectivity index is 2.94. The molecule has 0 aliphatic rings. The molecule has 5 heteroatoms. The fourth-order valence-corrected chi connectivity index (χ4v) is 1.68. The van der Waals surface area contributed by atoms with Crippen LogP contribution in [0.5, 0.6) is 0 Å². The summed E-state index contributed by atoms with van der Waals surface area (Å²) in [6.07, 6.45) is 0.701. The lowest BCUT2D eigenvalue weighted by atomic mass is 10.1. The molecule has 1 aromatic carbocycles. The minimum atomic E-state index is -1.02. The molecular formula is C13H16ClNO3. The third kappa shape index (κ3) is 3.74. The van der Waals surface area contributed by atoms with Gasteiger partial charge in [-0.05, 0) is 37.6 Å². The number of benzene rings is 1. The molecule has 0 saturated heterocycles. The minimum Gasteiger partial charge on any atom is -0.480 e. The predicted molar refractivity (Wildman–Crippen MR) is 69.9 cm³/mol. The maximum absolute atomic E-state index is 12.2. The summed E-state index contributed by atoms with van der Waals surface area (Å²) < 4.78 is 0. The molecule has 4 nitrogen and oxygen atoms in total. The Morgan fingerprint density at radius 1 is 1.33 bits per heavy atom. The van der Waals surface area contributed by atoms with Crippen LogP contribution in [-0.2, 0) is 4.79 Å². The molecule has 18 heavy (non-hydrogen) atoms. The maximum atomic E-state index is 12.2. The van der Waals surface area contributed by atoms with E-state index in [1.54, 1.807) is 24.3 Å². The van der Waals surface area contributed by atoms with E-state index >= 15 is 0 Å². The molecule has 0 aliphatic heterocycles. The smallest absolute Gasteiger partial charge is 0.323 e. The summed E-state index contributed by atoms with van der Waals surface area (Å²) in [6, 6.07) is 6.31. The van der Waals surface area contributed by atoms with E-state index in [0.29, 0.717) is 17.0 Å². The third-order valence-electron chi connectivity index (χ3n) is 2.78. The second-order valence-electron chi connectivity index (χ2n) is 4.09. The van der Waals surface area contributed by atoms with E-state index in [1.165, 1.54) is 4.90 Å². The molecule has 1 rings (SSSR count). The van der Waals surface area contributed by atoms with Gasteiger partial charge in [-0.15, -0.1) is 0 Å². The number of carbonyl (C=O) groups is 2. The van der Waals surface area contributed by atoms with E-state index in [-0.39, 0.29) is 18.5 Å². The normalized spacial score (nSPS) is 11.9. The number of hydrogen-bond donors (Lipinski definition) is 1. The molecular weight excluding hydrogens is 254 g/mol. The number of amides is 1. The summed E-state index contributed by atoms with van der Waals surface area (Å²) in [5.41, 5.74) is 0.445. The van der Waals surface area contributed by atoms with Crippen molar-refractivity contribution in [2.75, 3.05) is 6.54 Å². The Bertz CT molecular complexity index is 430. The summed E-state index contributed by atoms with van der Waals surface area (Å²) in [5.74, 6) is -1.30. The number of halogens is 1. The van der Waals surface area contributed by atoms with Crippen molar-refractivity contribution in [3.05, 3.63) is 34.9 Å². The average Bonchev–Trinajstić information content (AvgIpc) is 2.35. The largest absolute Gasteiger partial charge is 0.480 e. The molecule has 0 aromatic heterocycles. The highest BCUT2D eigenvalue weighted by Crippen LogP contribution is 2.14. The number of aliphatic carboxylic acids is 1. The van der Waals surface area contributed by atoms with Gasteiger partial charge in [0.05, 0.1) is 0 Å². The van der Waals surface area contributed by atoms with E-state index in [0.717, 1.165) is 0 Å². The standard InChI is InChI=1S/C13H16ClNO3/c1-3-9(2)15(8-12(16)17)13(18)10-4-6-11(14)7-5-10/h4-7,9H,3,8H2,1-2H3,(H,16,17). The van der Waals surface area contributed by atoms with Crippen LogP contribution in [0.4, 0.5) is 0 Å². The van der Waals surface area contributed by atoms with Gasteiger partial charge in [0.1, 0.15) is 6.54 Å². The number of carboxylic acids is 1. The lowest BCUT2D eigenvalue weighted by Gasteiger charge is -2.27. The van der Waals surface area contributed by atoms with Crippen molar-refractivity contribution in [3.63, 3.8) is 0 Å². The number of rotatable bonds is 5. The van der Waals surface area contributed by atoms with Gasteiger partial charge in [0.25, 0.3) is 5.91 Å². The summed E-state index contributed by atoms with van der Waals surface area (Å²) in [6.45, 7) is 3.45. The molecule has 0 bridgehead atoms. The number of carboxylic acid groups (broad SMARTS) is 1. The highest BCUT2D eigenvalue weighted by atomic mass is 35.5. The molecule has 0 aliphatic carbocycles. The first-order valence-corrected chi connectivity index (χ1v) is 6.11. The zero-order valence-corrected chi connectivity index (χ0v) is 11.1. The van der Waals surface area contributed by atoms with Crippen molar-refractivity contribution < 1.29 is 14.7 Å². The van der Waals surface area contributed by atoms with Crippen LogP contribution in [0, 0.1) is 0 Å². The minimum absolute atomic E-state index is 0.121. The van der Waals surface area contributed by atoms with Crippen molar-refractivity contribution in [3.8, 4) is 0 Å². The van der Waals surface area contributed by atoms with Gasteiger partial charge in [0, 0.05) is 16.6 Å². The van der Waals surface area contributed by atoms with Crippen LogP contribution in [0.25, 0.3) is 0 Å². The highest BCUT2D eigenvalue weighted by Gasteiger charge is 2.22. The van der Waals surface area contributed by atoms with Crippen molar-refractivity contribution in [1.82, 2.24) is 4.90 Å². The quantitative estimate of drug-likeness (QED) is 0.894. The van der Waals surface area contributed by atoms with Crippen molar-refractivity contribution in [2.24, 2.45) is 0 Å². The van der Waals surface area contributed by atoms with Gasteiger partial charge in [0.15, 0.2) is 0 Å². The molecule has 98 valence electrons. The van der Waals surface area contributed by atoms with Gasteiger partial charge < -0.3 is 10.0 Å². The Kier molecular flexibility index (Phi) is 5.16. The molecule has 1 aromatic rings. The third-order valence-corrected chi connectivity index (χ3v) is 3.03. The zero-order chi connectivity index (χ0) is 13.7. The average molecular weight is 270 g/mol. The van der Waals surface area contributed by atoms with Gasteiger partial charge in [-0.1, -0.05) is 18.5 Å². The van der Waals surface area contributed by atoms with E-state index in [4.69, 9.17) is 16.7 Å². The molecule has 0 spiro atoms. The van der Waals surface area contributed by atoms with Crippen molar-refractivity contribution in [2.45, 2.75) is 26.3 Å². The van der Waals surface area contributed by atoms with E-state index < -0.39 is 5.97 Å². The monoisotopic (exact) mass is 269 g/mol. The summed E-state index contributed by atoms with van der Waals surface area (Å²) in [4.78, 5) is 24.4. The van der Waals surface area contributed by atoms with Crippen molar-refractivity contribution in [1.29, 1.82) is 0 Å². The van der Waals surface area contributed by atoms with Crippen LogP contribution >= 0.6 is 11.6 Å². The predicted octanol–water partition coefficient (Wildman–Crippen LogP) is 2.67. The fraction of sp³-hybridized carbons (Fsp3) is 0.385. The molecule has 1 unspecified atom stereocenters. The molecule has 0 radical (unpaired) electrons. The topological polar surface area (TPSA) is 57.6 Å². The van der Waals surface area contributed by atoms with Crippen LogP contribution in [0.2, 0.25) is 5.02 Å². The Morgan fingerprint density at radius 2 is 1.89 bits per heavy atom. The lowest BCUT2D eigenvalue weighted by molar-refractivity contribution is -0.138. The van der Waals surface area contributed by atoms with Crippen LogP contribution in [0.15, 0.2) is 24.3 Å². The van der Waals surface area contributed by atoms with Crippen LogP contribution in [0.1, 0.15) is 30.6 Å². The van der Waals surface area contributed by atoms with Crippen LogP contribution in [0.3, 0.4) is 0 Å². The molecule has 0 fully saturated rings. The Labute approximate surface area is 111 Å². The van der Waals surface area contributed by atoms with Crippen molar-refractivity contribution >= 4 is 23.5 Å². The summed E-state index contributed by atoms with van der Waals surface area (Å²) in [5, 5.41) is 9.39. The van der Waals surface area contributed by atoms with Gasteiger partial charge >= 0.3 is 5.97 Å². The van der Waals surface area contributed by atoms with Gasteiger partial charge in [-0.2, -0.15) is 0 Å². The van der Waals surface area contributed by atoms with Gasteiger partial charge in [-0.25, -0.2) is 0 Å². The van der Waals surface area contributed by atoms with E-state index in [2.05, 4.69) is 0 Å². The summed E-state index contributed by atoms with van der Waals surface area (Å²) in [7, 11) is 0. The first-order valence-electron chi connectivity index (χ1n) is 5.74. The number of carbonyl (C=O) groups excluding carboxylic acids is 1. The second-order valence-corrected chi connectivity index (χ2v) is 4.53. The molecule has 1 N–H and O–H groups in total. The van der Waals surface area contributed by atoms with Gasteiger partial charge in [-0.3, -0.25) is 9.59 Å². The van der Waals surface area contributed by atoms with Gasteiger partial charge in [0.2, 0.25) is 0 Å². The number of nitrogens with zero attached hydrogens (tertiary/aromatic N) is 1.